The second kappa shape index (κ2) is 6.33. The molecule has 130 valence electrons. The molecule has 0 aromatic heterocycles. The fraction of sp³-hybridized carbons (Fsp3) is 0.111. The summed E-state index contributed by atoms with van der Waals surface area (Å²) in [6.45, 7) is 0. The minimum absolute atomic E-state index is 0.0450. The predicted octanol–water partition coefficient (Wildman–Crippen LogP) is 3.98. The summed E-state index contributed by atoms with van der Waals surface area (Å²) in [5, 5.41) is 1.20. The monoisotopic (exact) mass is 362 g/mol. The molecular weight excluding hydrogens is 346 g/mol. The first-order valence-corrected chi connectivity index (χ1v) is 8.95. The van der Waals surface area contributed by atoms with E-state index < -0.39 is 27.3 Å². The number of hydrogen-bond acceptors (Lipinski definition) is 3. The Morgan fingerprint density at radius 2 is 1.40 bits per heavy atom. The Morgan fingerprint density at radius 3 is 2.04 bits per heavy atom. The zero-order valence-electron chi connectivity index (χ0n) is 13.6. The number of halogens is 2. The van der Waals surface area contributed by atoms with Crippen molar-refractivity contribution in [2.45, 2.75) is 4.90 Å². The van der Waals surface area contributed by atoms with Crippen molar-refractivity contribution >= 4 is 32.2 Å². The van der Waals surface area contributed by atoms with E-state index >= 15 is 0 Å². The van der Waals surface area contributed by atoms with Crippen LogP contribution in [0.25, 0.3) is 10.8 Å². The van der Waals surface area contributed by atoms with Crippen molar-refractivity contribution in [1.82, 2.24) is 0 Å². The van der Waals surface area contributed by atoms with Crippen LogP contribution in [0, 0.1) is 11.6 Å². The summed E-state index contributed by atoms with van der Waals surface area (Å²) in [6, 6.07) is 13.2. The topological polar surface area (TPSA) is 49.4 Å². The smallest absolute Gasteiger partial charge is 0.262 e. The van der Waals surface area contributed by atoms with Gasteiger partial charge in [-0.2, -0.15) is 0 Å². The largest absolute Gasteiger partial charge is 0.377 e. The molecule has 25 heavy (non-hydrogen) atoms. The highest BCUT2D eigenvalue weighted by molar-refractivity contribution is 7.93. The van der Waals surface area contributed by atoms with Crippen molar-refractivity contribution in [1.29, 1.82) is 0 Å². The van der Waals surface area contributed by atoms with Gasteiger partial charge in [-0.3, -0.25) is 4.72 Å². The molecule has 0 saturated heterocycles. The van der Waals surface area contributed by atoms with E-state index in [4.69, 9.17) is 0 Å². The van der Waals surface area contributed by atoms with E-state index in [0.29, 0.717) is 5.39 Å². The Balaban J connectivity index is 2.17. The third kappa shape index (κ3) is 3.15. The van der Waals surface area contributed by atoms with Gasteiger partial charge in [0.2, 0.25) is 0 Å². The summed E-state index contributed by atoms with van der Waals surface area (Å²) in [6.07, 6.45) is 0. The first kappa shape index (κ1) is 17.2. The van der Waals surface area contributed by atoms with Crippen LogP contribution in [0.3, 0.4) is 0 Å². The van der Waals surface area contributed by atoms with Crippen molar-refractivity contribution in [2.24, 2.45) is 0 Å². The van der Waals surface area contributed by atoms with Gasteiger partial charge in [0.05, 0.1) is 4.90 Å². The number of sulfonamides is 1. The van der Waals surface area contributed by atoms with Crippen LogP contribution in [0.2, 0.25) is 0 Å². The summed E-state index contributed by atoms with van der Waals surface area (Å²) >= 11 is 0. The van der Waals surface area contributed by atoms with Crippen molar-refractivity contribution in [3.63, 3.8) is 0 Å². The number of hydrogen-bond donors (Lipinski definition) is 1. The molecule has 1 N–H and O–H groups in total. The van der Waals surface area contributed by atoms with E-state index in [0.717, 1.165) is 23.2 Å². The van der Waals surface area contributed by atoms with E-state index in [1.54, 1.807) is 24.3 Å². The molecule has 0 aliphatic rings. The Morgan fingerprint density at radius 1 is 0.840 bits per heavy atom. The molecule has 0 radical (unpaired) electrons. The molecule has 3 aromatic rings. The van der Waals surface area contributed by atoms with Crippen LogP contribution in [0.4, 0.5) is 20.2 Å². The Bertz CT molecular complexity index is 1030. The average molecular weight is 362 g/mol. The van der Waals surface area contributed by atoms with Gasteiger partial charge in [0, 0.05) is 30.6 Å². The minimum atomic E-state index is -4.18. The first-order valence-electron chi connectivity index (χ1n) is 7.47. The molecule has 0 unspecified atom stereocenters. The second-order valence-electron chi connectivity index (χ2n) is 5.72. The van der Waals surface area contributed by atoms with Gasteiger partial charge < -0.3 is 4.90 Å². The van der Waals surface area contributed by atoms with Gasteiger partial charge >= 0.3 is 0 Å². The molecule has 0 heterocycles. The highest BCUT2D eigenvalue weighted by atomic mass is 32.2. The number of anilines is 2. The molecule has 3 aromatic carbocycles. The third-order valence-corrected chi connectivity index (χ3v) is 5.24. The SMILES string of the molecule is CN(C)c1cccc2c(S(=O)(=O)Nc3c(F)cccc3F)cccc12. The summed E-state index contributed by atoms with van der Waals surface area (Å²) in [5.74, 6) is -1.95. The maximum Gasteiger partial charge on any atom is 0.262 e. The van der Waals surface area contributed by atoms with E-state index in [1.165, 1.54) is 12.1 Å². The lowest BCUT2D eigenvalue weighted by atomic mass is 10.1. The summed E-state index contributed by atoms with van der Waals surface area (Å²) in [5.41, 5.74) is 0.148. The Kier molecular flexibility index (Phi) is 4.34. The van der Waals surface area contributed by atoms with Crippen LogP contribution in [-0.4, -0.2) is 22.5 Å². The van der Waals surface area contributed by atoms with Gasteiger partial charge in [-0.1, -0.05) is 30.3 Å². The van der Waals surface area contributed by atoms with Gasteiger partial charge in [-0.25, -0.2) is 17.2 Å². The Hall–Kier alpha value is -2.67. The maximum atomic E-state index is 13.8. The zero-order valence-corrected chi connectivity index (χ0v) is 14.4. The predicted molar refractivity (Wildman–Crippen MR) is 95.4 cm³/mol. The molecule has 0 saturated carbocycles. The van der Waals surface area contributed by atoms with Crippen molar-refractivity contribution in [3.8, 4) is 0 Å². The highest BCUT2D eigenvalue weighted by Gasteiger charge is 2.21. The highest BCUT2D eigenvalue weighted by Crippen LogP contribution is 2.31. The van der Waals surface area contributed by atoms with Crippen LogP contribution >= 0.6 is 0 Å². The molecule has 0 atom stereocenters. The van der Waals surface area contributed by atoms with Gasteiger partial charge in [-0.05, 0) is 24.3 Å². The molecule has 3 rings (SSSR count). The quantitative estimate of drug-likeness (QED) is 0.764. The number of nitrogens with zero attached hydrogens (tertiary/aromatic N) is 1. The Labute approximate surface area is 144 Å². The molecule has 0 spiro atoms. The van der Waals surface area contributed by atoms with E-state index in [1.807, 2.05) is 29.8 Å². The van der Waals surface area contributed by atoms with Crippen LogP contribution in [0.5, 0.6) is 0 Å². The van der Waals surface area contributed by atoms with Gasteiger partial charge in [0.1, 0.15) is 17.3 Å². The van der Waals surface area contributed by atoms with Crippen LogP contribution in [-0.2, 0) is 10.0 Å². The number of benzene rings is 3. The van der Waals surface area contributed by atoms with Crippen LogP contribution < -0.4 is 9.62 Å². The normalized spacial score (nSPS) is 11.5. The lowest BCUT2D eigenvalue weighted by Crippen LogP contribution is -2.16. The van der Waals surface area contributed by atoms with Gasteiger partial charge in [0.15, 0.2) is 0 Å². The number of rotatable bonds is 4. The van der Waals surface area contributed by atoms with E-state index in [2.05, 4.69) is 0 Å². The second-order valence-corrected chi connectivity index (χ2v) is 7.38. The molecule has 4 nitrogen and oxygen atoms in total. The van der Waals surface area contributed by atoms with E-state index in [-0.39, 0.29) is 4.90 Å². The van der Waals surface area contributed by atoms with Crippen LogP contribution in [0.15, 0.2) is 59.5 Å². The minimum Gasteiger partial charge on any atom is -0.377 e. The molecule has 0 fully saturated rings. The molecule has 0 bridgehead atoms. The molecule has 0 aliphatic heterocycles. The van der Waals surface area contributed by atoms with Crippen molar-refractivity contribution in [2.75, 3.05) is 23.7 Å². The molecule has 0 amide bonds. The molecular formula is C18H16F2N2O2S. The third-order valence-electron chi connectivity index (χ3n) is 3.83. The maximum absolute atomic E-state index is 13.8. The van der Waals surface area contributed by atoms with Gasteiger partial charge in [-0.15, -0.1) is 0 Å². The molecule has 7 heteroatoms. The number of nitrogens with one attached hydrogen (secondary N) is 1. The molecule has 0 aliphatic carbocycles. The lowest BCUT2D eigenvalue weighted by Gasteiger charge is -2.17. The summed E-state index contributed by atoms with van der Waals surface area (Å²) in [7, 11) is -0.476. The number of para-hydroxylation sites is 1. The number of fused-ring (bicyclic) bond motifs is 1. The first-order chi connectivity index (χ1) is 11.8. The van der Waals surface area contributed by atoms with Gasteiger partial charge in [0.25, 0.3) is 10.0 Å². The van der Waals surface area contributed by atoms with E-state index in [9.17, 15) is 17.2 Å². The van der Waals surface area contributed by atoms with Crippen LogP contribution in [0.1, 0.15) is 0 Å². The zero-order chi connectivity index (χ0) is 18.2. The standard InChI is InChI=1S/C18H16F2N2O2S/c1-22(2)16-10-3-7-13-12(16)6-4-11-17(13)25(23,24)21-18-14(19)8-5-9-15(18)20/h3-11,21H,1-2H3. The van der Waals surface area contributed by atoms with Crippen molar-refractivity contribution < 1.29 is 17.2 Å². The fourth-order valence-electron chi connectivity index (χ4n) is 2.67. The lowest BCUT2D eigenvalue weighted by molar-refractivity contribution is 0.583. The van der Waals surface area contributed by atoms with Crippen molar-refractivity contribution in [3.05, 3.63) is 66.2 Å². The summed E-state index contributed by atoms with van der Waals surface area (Å²) in [4.78, 5) is 1.82. The average Bonchev–Trinajstić information content (AvgIpc) is 2.57. The fourth-order valence-corrected chi connectivity index (χ4v) is 3.97. The summed E-state index contributed by atoms with van der Waals surface area (Å²) < 4.78 is 55.1.